The second-order valence-corrected chi connectivity index (χ2v) is 2.26. The average Bonchev–Trinajstić information content (AvgIpc) is 2.03. The summed E-state index contributed by atoms with van der Waals surface area (Å²) in [6.07, 6.45) is -4.64. The van der Waals surface area contributed by atoms with Crippen LogP contribution in [-0.4, -0.2) is 28.5 Å². The molecule has 0 heterocycles. The Morgan fingerprint density at radius 1 is 1.07 bits per heavy atom. The fourth-order valence-electron chi connectivity index (χ4n) is 0.392. The highest BCUT2D eigenvalue weighted by atomic mass is 16.8. The zero-order valence-electron chi connectivity index (χ0n) is 7.41. The molecule has 0 aromatic heterocycles. The molecule has 0 bridgehead atoms. The fraction of sp³-hybridized carbons (Fsp3) is 0.800. The van der Waals surface area contributed by atoms with E-state index in [0.717, 1.165) is 13.8 Å². The van der Waals surface area contributed by atoms with E-state index < -0.39 is 28.5 Å². The maximum absolute atomic E-state index is 10.6. The van der Waals surface area contributed by atoms with Crippen molar-refractivity contribution in [2.24, 2.45) is 0 Å². The first kappa shape index (κ1) is 12.1. The van der Waals surface area contributed by atoms with Crippen LogP contribution < -0.4 is 0 Å². The molecule has 0 aliphatic carbocycles. The molecular formula is C5H8N2O7. The van der Waals surface area contributed by atoms with E-state index in [0.29, 0.717) is 0 Å². The molecule has 2 atom stereocenters. The maximum Gasteiger partial charge on any atom is 0.518 e. The number of nitrogens with zero attached hydrogens (tertiary/aromatic N) is 2. The number of hydrogen-bond donors (Lipinski definition) is 0. The summed E-state index contributed by atoms with van der Waals surface area (Å²) in [5.41, 5.74) is 0. The lowest BCUT2D eigenvalue weighted by atomic mass is 10.7. The van der Waals surface area contributed by atoms with Crippen LogP contribution in [-0.2, 0) is 9.47 Å². The minimum absolute atomic E-state index is 0.877. The van der Waals surface area contributed by atoms with Crippen molar-refractivity contribution < 1.29 is 24.1 Å². The zero-order valence-corrected chi connectivity index (χ0v) is 7.41. The number of carbonyl (C=O) groups excluding carboxylic acids is 1. The van der Waals surface area contributed by atoms with Crippen molar-refractivity contribution in [3.63, 3.8) is 0 Å². The Morgan fingerprint density at radius 2 is 1.36 bits per heavy atom. The molecule has 0 saturated carbocycles. The average molecular weight is 208 g/mol. The van der Waals surface area contributed by atoms with E-state index in [2.05, 4.69) is 9.47 Å². The molecule has 9 heteroatoms. The van der Waals surface area contributed by atoms with Gasteiger partial charge >= 0.3 is 18.6 Å². The van der Waals surface area contributed by atoms with Crippen LogP contribution in [0.1, 0.15) is 13.8 Å². The highest BCUT2D eigenvalue weighted by Crippen LogP contribution is 1.99. The van der Waals surface area contributed by atoms with Crippen LogP contribution in [0.3, 0.4) is 0 Å². The Hall–Kier alpha value is -1.93. The number of ether oxygens (including phenoxy) is 2. The highest BCUT2D eigenvalue weighted by molar-refractivity contribution is 5.59. The smallest absolute Gasteiger partial charge is 0.366 e. The minimum atomic E-state index is -1.60. The van der Waals surface area contributed by atoms with Gasteiger partial charge in [-0.1, -0.05) is 0 Å². The quantitative estimate of drug-likeness (QED) is 0.283. The van der Waals surface area contributed by atoms with Gasteiger partial charge in [0.1, 0.15) is 0 Å². The molecule has 2 unspecified atom stereocenters. The molecule has 0 spiro atoms. The van der Waals surface area contributed by atoms with Gasteiger partial charge in [0.05, 0.1) is 9.85 Å². The molecule has 0 aromatic carbocycles. The van der Waals surface area contributed by atoms with Gasteiger partial charge in [0.25, 0.3) is 0 Å². The molecule has 0 aromatic rings. The van der Waals surface area contributed by atoms with Crippen LogP contribution in [0, 0.1) is 20.2 Å². The lowest BCUT2D eigenvalue weighted by Crippen LogP contribution is -2.28. The van der Waals surface area contributed by atoms with Crippen molar-refractivity contribution in [3.05, 3.63) is 20.2 Å². The Morgan fingerprint density at radius 3 is 1.57 bits per heavy atom. The SMILES string of the molecule is CC(OC(=O)OC(C)[N+](=O)[O-])[N+](=O)[O-]. The van der Waals surface area contributed by atoms with E-state index in [4.69, 9.17) is 0 Å². The lowest BCUT2D eigenvalue weighted by Gasteiger charge is -2.07. The second-order valence-electron chi connectivity index (χ2n) is 2.26. The van der Waals surface area contributed by atoms with Crippen LogP contribution >= 0.6 is 0 Å². The van der Waals surface area contributed by atoms with Crippen molar-refractivity contribution in [2.45, 2.75) is 26.3 Å². The van der Waals surface area contributed by atoms with Gasteiger partial charge in [-0.2, -0.15) is 0 Å². The van der Waals surface area contributed by atoms with E-state index in [9.17, 15) is 25.0 Å². The summed E-state index contributed by atoms with van der Waals surface area (Å²) in [6.45, 7) is 2.00. The van der Waals surface area contributed by atoms with Gasteiger partial charge < -0.3 is 9.47 Å². The Balaban J connectivity index is 3.99. The number of carbonyl (C=O) groups is 1. The third-order valence-corrected chi connectivity index (χ3v) is 1.13. The van der Waals surface area contributed by atoms with Crippen LogP contribution in [0.25, 0.3) is 0 Å². The van der Waals surface area contributed by atoms with Gasteiger partial charge in [0, 0.05) is 13.8 Å². The van der Waals surface area contributed by atoms with Crippen LogP contribution in [0.15, 0.2) is 0 Å². The predicted octanol–water partition coefficient (Wildman–Crippen LogP) is 0.385. The van der Waals surface area contributed by atoms with E-state index in [-0.39, 0.29) is 0 Å². The van der Waals surface area contributed by atoms with Crippen LogP contribution in [0.4, 0.5) is 4.79 Å². The van der Waals surface area contributed by atoms with E-state index >= 15 is 0 Å². The standard InChI is InChI=1S/C5H8N2O7/c1-3(6(9)10)13-5(8)14-4(2)7(11)12/h3-4H,1-2H3. The summed E-state index contributed by atoms with van der Waals surface area (Å²) in [5, 5.41) is 20.0. The molecular weight excluding hydrogens is 200 g/mol. The molecule has 0 amide bonds. The molecule has 14 heavy (non-hydrogen) atoms. The number of hydrogen-bond acceptors (Lipinski definition) is 7. The fourth-order valence-corrected chi connectivity index (χ4v) is 0.392. The summed E-state index contributed by atoms with van der Waals surface area (Å²) >= 11 is 0. The first-order valence-electron chi connectivity index (χ1n) is 3.49. The van der Waals surface area contributed by atoms with E-state index in [1.54, 1.807) is 0 Å². The van der Waals surface area contributed by atoms with E-state index in [1.165, 1.54) is 0 Å². The van der Waals surface area contributed by atoms with Crippen LogP contribution in [0.5, 0.6) is 0 Å². The summed E-state index contributed by atoms with van der Waals surface area (Å²) in [7, 11) is 0. The zero-order chi connectivity index (χ0) is 11.3. The highest BCUT2D eigenvalue weighted by Gasteiger charge is 2.24. The minimum Gasteiger partial charge on any atom is -0.366 e. The van der Waals surface area contributed by atoms with Crippen molar-refractivity contribution in [1.29, 1.82) is 0 Å². The normalized spacial score (nSPS) is 13.9. The predicted molar refractivity (Wildman–Crippen MR) is 40.5 cm³/mol. The van der Waals surface area contributed by atoms with Crippen LogP contribution in [0.2, 0.25) is 0 Å². The van der Waals surface area contributed by atoms with Gasteiger partial charge in [-0.25, -0.2) is 4.79 Å². The lowest BCUT2D eigenvalue weighted by molar-refractivity contribution is -0.575. The maximum atomic E-state index is 10.6. The topological polar surface area (TPSA) is 122 Å². The van der Waals surface area contributed by atoms with Gasteiger partial charge in [-0.05, 0) is 0 Å². The van der Waals surface area contributed by atoms with Gasteiger partial charge in [0.15, 0.2) is 0 Å². The van der Waals surface area contributed by atoms with Gasteiger partial charge in [0.2, 0.25) is 0 Å². The molecule has 0 aliphatic heterocycles. The summed E-state index contributed by atoms with van der Waals surface area (Å²) in [5.74, 6) is 0. The number of rotatable bonds is 4. The van der Waals surface area contributed by atoms with E-state index in [1.807, 2.05) is 0 Å². The molecule has 0 N–H and O–H groups in total. The monoisotopic (exact) mass is 208 g/mol. The Labute approximate surface area is 77.9 Å². The summed E-state index contributed by atoms with van der Waals surface area (Å²) in [6, 6.07) is 0. The van der Waals surface area contributed by atoms with Gasteiger partial charge in [-0.3, -0.25) is 20.2 Å². The van der Waals surface area contributed by atoms with Crippen molar-refractivity contribution in [2.75, 3.05) is 0 Å². The molecule has 0 radical (unpaired) electrons. The molecule has 80 valence electrons. The first-order chi connectivity index (χ1) is 6.34. The molecule has 0 saturated heterocycles. The largest absolute Gasteiger partial charge is 0.518 e. The van der Waals surface area contributed by atoms with Gasteiger partial charge in [-0.15, -0.1) is 0 Å². The molecule has 0 rings (SSSR count). The molecule has 9 nitrogen and oxygen atoms in total. The summed E-state index contributed by atoms with van der Waals surface area (Å²) in [4.78, 5) is 28.9. The molecule has 0 aliphatic rings. The van der Waals surface area contributed by atoms with Crippen molar-refractivity contribution >= 4 is 6.16 Å². The third kappa shape index (κ3) is 4.18. The third-order valence-electron chi connectivity index (χ3n) is 1.13. The second kappa shape index (κ2) is 4.94. The van der Waals surface area contributed by atoms with Crippen molar-refractivity contribution in [3.8, 4) is 0 Å². The number of nitro groups is 2. The Bertz CT molecular complexity index is 228. The molecule has 0 fully saturated rings. The first-order valence-corrected chi connectivity index (χ1v) is 3.49. The van der Waals surface area contributed by atoms with Crippen molar-refractivity contribution in [1.82, 2.24) is 0 Å². The summed E-state index contributed by atoms with van der Waals surface area (Å²) < 4.78 is 8.14. The Kier molecular flexibility index (Phi) is 4.26.